The molecule has 206 valence electrons. The highest BCUT2D eigenvalue weighted by molar-refractivity contribution is 8.23. The van der Waals surface area contributed by atoms with E-state index in [1.54, 1.807) is 18.7 Å². The van der Waals surface area contributed by atoms with Crippen molar-refractivity contribution in [1.29, 1.82) is 0 Å². The topological polar surface area (TPSA) is 151 Å². The zero-order valence-corrected chi connectivity index (χ0v) is 22.8. The van der Waals surface area contributed by atoms with E-state index < -0.39 is 39.8 Å². The van der Waals surface area contributed by atoms with Crippen LogP contribution in [0.3, 0.4) is 0 Å². The summed E-state index contributed by atoms with van der Waals surface area (Å²) in [5.74, 6) is -1.53. The zero-order chi connectivity index (χ0) is 27.6. The highest BCUT2D eigenvalue weighted by Crippen LogP contribution is 2.63. The number of hydrogen-bond donors (Lipinski definition) is 2. The maximum absolute atomic E-state index is 13.4. The zero-order valence-electron chi connectivity index (χ0n) is 21.2. The number of rotatable bonds is 12. The number of hydrogen-bond acceptors (Lipinski definition) is 10. The van der Waals surface area contributed by atoms with Crippen molar-refractivity contribution in [2.75, 3.05) is 18.8 Å². The Labute approximate surface area is 228 Å². The van der Waals surface area contributed by atoms with E-state index in [4.69, 9.17) is 4.74 Å². The molecule has 0 aromatic heterocycles. The summed E-state index contributed by atoms with van der Waals surface area (Å²) in [6, 6.07) is 5.60. The lowest BCUT2D eigenvalue weighted by molar-refractivity contribution is -0.384. The molecule has 2 amide bonds. The van der Waals surface area contributed by atoms with Crippen LogP contribution in [0.15, 0.2) is 34.2 Å². The molecular formula is C25H31N3O8S2. The normalized spacial score (nSPS) is 24.4. The van der Waals surface area contributed by atoms with E-state index in [1.807, 2.05) is 0 Å². The fourth-order valence-electron chi connectivity index (χ4n) is 5.03. The number of benzene rings is 1. The first-order valence-corrected chi connectivity index (χ1v) is 14.4. The van der Waals surface area contributed by atoms with E-state index in [2.05, 4.69) is 0 Å². The third-order valence-electron chi connectivity index (χ3n) is 7.10. The lowest BCUT2D eigenvalue weighted by Gasteiger charge is -2.56. The number of nitrogens with zero attached hydrogens (tertiary/aromatic N) is 3. The Hall–Kier alpha value is -2.61. The van der Waals surface area contributed by atoms with E-state index >= 15 is 0 Å². The van der Waals surface area contributed by atoms with Crippen molar-refractivity contribution in [3.63, 3.8) is 0 Å². The fourth-order valence-corrected chi connectivity index (χ4v) is 8.25. The third kappa shape index (κ3) is 5.04. The number of non-ortho nitro benzene ring substituents is 1. The minimum Gasteiger partial charge on any atom is -0.456 e. The number of carbonyl (C=O) groups excluding carboxylic acids is 3. The van der Waals surface area contributed by atoms with Crippen LogP contribution < -0.4 is 0 Å². The van der Waals surface area contributed by atoms with Crippen molar-refractivity contribution >= 4 is 47.0 Å². The number of β-lactam (4-membered cyclic amide) rings is 1. The lowest BCUT2D eigenvalue weighted by atomic mass is 9.77. The van der Waals surface area contributed by atoms with Crippen LogP contribution in [0.25, 0.3) is 0 Å². The summed E-state index contributed by atoms with van der Waals surface area (Å²) in [4.78, 5) is 50.9. The summed E-state index contributed by atoms with van der Waals surface area (Å²) in [7, 11) is 0. The first kappa shape index (κ1) is 28.4. The van der Waals surface area contributed by atoms with Crippen molar-refractivity contribution in [3.05, 3.63) is 49.9 Å². The van der Waals surface area contributed by atoms with Crippen LogP contribution in [0.4, 0.5) is 5.69 Å². The SMILES string of the molecule is CC[C@H](O)[C@@H]1C(=O)N2C(C(=O)OCc3ccc([N+](=O)[O-])cc3)=C(SCCN3CCCC3=O)S[C@@]12[C@@H](O)CC. The summed E-state index contributed by atoms with van der Waals surface area (Å²) < 4.78 is 6.02. The molecule has 0 aliphatic carbocycles. The number of amides is 2. The number of nitro groups is 1. The molecule has 0 radical (unpaired) electrons. The van der Waals surface area contributed by atoms with E-state index in [0.29, 0.717) is 47.9 Å². The number of aliphatic hydroxyl groups excluding tert-OH is 2. The molecule has 4 rings (SSSR count). The van der Waals surface area contributed by atoms with Gasteiger partial charge < -0.3 is 19.8 Å². The van der Waals surface area contributed by atoms with E-state index in [1.165, 1.54) is 52.7 Å². The number of aliphatic hydroxyl groups is 2. The van der Waals surface area contributed by atoms with Crippen molar-refractivity contribution in [3.8, 4) is 0 Å². The highest BCUT2D eigenvalue weighted by atomic mass is 32.2. The summed E-state index contributed by atoms with van der Waals surface area (Å²) >= 11 is 2.52. The van der Waals surface area contributed by atoms with Crippen molar-refractivity contribution < 1.29 is 34.3 Å². The molecule has 4 atom stereocenters. The standard InChI is InChI=1S/C25H31N3O8S2/c1-3-17(29)20-22(32)27-21(23(33)36-14-15-7-9-16(10-8-15)28(34)35)24(38-25(20,27)18(30)4-2)37-13-12-26-11-5-6-19(26)31/h7-10,17-18,20,29-30H,3-6,11-14H2,1-2H3/t17-,18-,20+,25-/m0/s1. The number of carbonyl (C=O) groups is 3. The van der Waals surface area contributed by atoms with E-state index in [0.717, 1.165) is 6.42 Å². The van der Waals surface area contributed by atoms with Gasteiger partial charge in [-0.2, -0.15) is 0 Å². The van der Waals surface area contributed by atoms with Gasteiger partial charge in [-0.05, 0) is 37.0 Å². The van der Waals surface area contributed by atoms with Gasteiger partial charge in [0.25, 0.3) is 5.69 Å². The van der Waals surface area contributed by atoms with E-state index in [-0.39, 0.29) is 23.9 Å². The number of esters is 1. The van der Waals surface area contributed by atoms with Gasteiger partial charge in [-0.3, -0.25) is 24.6 Å². The number of nitro benzene ring substituents is 1. The predicted octanol–water partition coefficient (Wildman–Crippen LogP) is 2.61. The minimum absolute atomic E-state index is 0.0201. The van der Waals surface area contributed by atoms with Gasteiger partial charge in [0.1, 0.15) is 17.4 Å². The van der Waals surface area contributed by atoms with E-state index in [9.17, 15) is 34.7 Å². The quantitative estimate of drug-likeness (QED) is 0.167. The second-order valence-electron chi connectivity index (χ2n) is 9.37. The molecule has 2 saturated heterocycles. The number of fused-ring (bicyclic) bond motifs is 1. The van der Waals surface area contributed by atoms with Gasteiger partial charge in [0.15, 0.2) is 5.70 Å². The molecule has 0 unspecified atom stereocenters. The Morgan fingerprint density at radius 2 is 1.97 bits per heavy atom. The van der Waals surface area contributed by atoms with Crippen molar-refractivity contribution in [1.82, 2.24) is 9.80 Å². The van der Waals surface area contributed by atoms with Crippen LogP contribution in [-0.4, -0.2) is 78.6 Å². The maximum atomic E-state index is 13.4. The smallest absolute Gasteiger partial charge is 0.357 e. The van der Waals surface area contributed by atoms with Gasteiger partial charge in [0.05, 0.1) is 21.4 Å². The fraction of sp³-hybridized carbons (Fsp3) is 0.560. The Kier molecular flexibility index (Phi) is 8.70. The Balaban J connectivity index is 1.58. The number of likely N-dealkylation sites (tertiary alicyclic amines) is 1. The molecule has 0 saturated carbocycles. The molecule has 13 heteroatoms. The minimum atomic E-state index is -1.23. The largest absolute Gasteiger partial charge is 0.456 e. The Morgan fingerprint density at radius 1 is 1.26 bits per heavy atom. The molecule has 1 aromatic rings. The van der Waals surface area contributed by atoms with Crippen LogP contribution in [-0.2, 0) is 25.7 Å². The van der Waals surface area contributed by atoms with Gasteiger partial charge in [-0.15, -0.1) is 11.8 Å². The Bertz CT molecular complexity index is 1140. The van der Waals surface area contributed by atoms with Crippen LogP contribution in [0.2, 0.25) is 0 Å². The summed E-state index contributed by atoms with van der Waals surface area (Å²) in [6.07, 6.45) is -0.0559. The first-order valence-electron chi connectivity index (χ1n) is 12.6. The van der Waals surface area contributed by atoms with Gasteiger partial charge in [-0.25, -0.2) is 4.79 Å². The molecule has 3 heterocycles. The molecule has 3 aliphatic heterocycles. The van der Waals surface area contributed by atoms with Crippen molar-refractivity contribution in [2.24, 2.45) is 5.92 Å². The third-order valence-corrected chi connectivity index (χ3v) is 9.96. The average Bonchev–Trinajstić information content (AvgIpc) is 3.45. The molecule has 2 N–H and O–H groups in total. The molecule has 1 aromatic carbocycles. The number of thioether (sulfide) groups is 2. The number of ether oxygens (including phenoxy) is 1. The Morgan fingerprint density at radius 3 is 2.55 bits per heavy atom. The monoisotopic (exact) mass is 565 g/mol. The molecule has 11 nitrogen and oxygen atoms in total. The highest BCUT2D eigenvalue weighted by Gasteiger charge is 2.71. The van der Waals surface area contributed by atoms with Crippen LogP contribution in [0, 0.1) is 16.0 Å². The molecule has 0 spiro atoms. The summed E-state index contributed by atoms with van der Waals surface area (Å²) in [5, 5.41) is 32.6. The van der Waals surface area contributed by atoms with Crippen LogP contribution in [0.1, 0.15) is 45.1 Å². The first-order chi connectivity index (χ1) is 18.1. The van der Waals surface area contributed by atoms with Gasteiger partial charge >= 0.3 is 5.97 Å². The van der Waals surface area contributed by atoms with Crippen LogP contribution >= 0.6 is 23.5 Å². The summed E-state index contributed by atoms with van der Waals surface area (Å²) in [5.41, 5.74) is 0.466. The van der Waals surface area contributed by atoms with Crippen molar-refractivity contribution in [2.45, 2.75) is 63.2 Å². The predicted molar refractivity (Wildman–Crippen MR) is 141 cm³/mol. The lowest BCUT2D eigenvalue weighted by Crippen LogP contribution is -2.74. The molecule has 38 heavy (non-hydrogen) atoms. The molecule has 3 aliphatic rings. The van der Waals surface area contributed by atoms with Gasteiger partial charge in [0, 0.05) is 37.4 Å². The molecular weight excluding hydrogens is 534 g/mol. The van der Waals surface area contributed by atoms with Crippen LogP contribution in [0.5, 0.6) is 0 Å². The summed E-state index contributed by atoms with van der Waals surface area (Å²) in [6.45, 7) is 4.52. The van der Waals surface area contributed by atoms with Gasteiger partial charge in [-0.1, -0.05) is 25.6 Å². The molecule has 2 fully saturated rings. The second-order valence-corrected chi connectivity index (χ2v) is 12.0. The molecule has 0 bridgehead atoms. The van der Waals surface area contributed by atoms with Gasteiger partial charge in [0.2, 0.25) is 11.8 Å². The average molecular weight is 566 g/mol. The second kappa shape index (κ2) is 11.6. The maximum Gasteiger partial charge on any atom is 0.357 e.